The molecule has 0 radical (unpaired) electrons. The van der Waals surface area contributed by atoms with Crippen molar-refractivity contribution in [2.24, 2.45) is 0 Å². The van der Waals surface area contributed by atoms with Gasteiger partial charge in [-0.05, 0) is 6.42 Å². The zero-order valence-electron chi connectivity index (χ0n) is 16.0. The molecule has 0 aliphatic heterocycles. The molecule has 0 rings (SSSR count). The summed E-state index contributed by atoms with van der Waals surface area (Å²) < 4.78 is 32.3. The molecule has 0 N–H and O–H groups in total. The van der Waals surface area contributed by atoms with Gasteiger partial charge in [-0.1, -0.05) is 32.3 Å². The average Bonchev–Trinajstić information content (AvgIpc) is 2.63. The third-order valence-corrected chi connectivity index (χ3v) is 3.24. The van der Waals surface area contributed by atoms with Crippen LogP contribution in [0.15, 0.2) is 12.7 Å². The number of ether oxygens (including phenoxy) is 6. The highest BCUT2D eigenvalue weighted by Crippen LogP contribution is 1.98. The molecule has 0 aromatic carbocycles. The van der Waals surface area contributed by atoms with Crippen LogP contribution in [-0.2, 0) is 28.4 Å². The molecule has 0 aliphatic rings. The van der Waals surface area contributed by atoms with Crippen LogP contribution < -0.4 is 0 Å². The van der Waals surface area contributed by atoms with E-state index in [4.69, 9.17) is 28.4 Å². The quantitative estimate of drug-likeness (QED) is 0.218. The minimum Gasteiger partial charge on any atom is -0.379 e. The fourth-order valence-electron chi connectivity index (χ4n) is 1.90. The summed E-state index contributed by atoms with van der Waals surface area (Å²) in [5.41, 5.74) is 0. The Morgan fingerprint density at radius 3 is 1.32 bits per heavy atom. The van der Waals surface area contributed by atoms with Crippen molar-refractivity contribution in [3.05, 3.63) is 12.7 Å². The second-order valence-electron chi connectivity index (χ2n) is 5.49. The van der Waals surface area contributed by atoms with E-state index in [1.165, 1.54) is 19.3 Å². The monoisotopic (exact) mass is 362 g/mol. The molecule has 0 amide bonds. The first-order valence-corrected chi connectivity index (χ1v) is 9.49. The predicted molar refractivity (Wildman–Crippen MR) is 99.3 cm³/mol. The van der Waals surface area contributed by atoms with Crippen molar-refractivity contribution in [1.82, 2.24) is 0 Å². The van der Waals surface area contributed by atoms with Gasteiger partial charge < -0.3 is 28.4 Å². The molecule has 0 aromatic heterocycles. The molecular formula is C19H38O6. The van der Waals surface area contributed by atoms with E-state index in [0.717, 1.165) is 13.0 Å². The Hall–Kier alpha value is -0.500. The molecule has 6 nitrogen and oxygen atoms in total. The van der Waals surface area contributed by atoms with E-state index in [0.29, 0.717) is 72.7 Å². The Balaban J connectivity index is 2.95. The van der Waals surface area contributed by atoms with Crippen molar-refractivity contribution < 1.29 is 28.4 Å². The first kappa shape index (κ1) is 24.5. The molecular weight excluding hydrogens is 324 g/mol. The van der Waals surface area contributed by atoms with E-state index in [1.807, 2.05) is 0 Å². The van der Waals surface area contributed by atoms with E-state index in [9.17, 15) is 0 Å². The molecule has 0 heterocycles. The van der Waals surface area contributed by atoms with Crippen LogP contribution in [0.5, 0.6) is 0 Å². The molecule has 150 valence electrons. The maximum atomic E-state index is 5.49. The van der Waals surface area contributed by atoms with E-state index in [2.05, 4.69) is 13.5 Å². The van der Waals surface area contributed by atoms with Crippen LogP contribution in [0.1, 0.15) is 32.6 Å². The summed E-state index contributed by atoms with van der Waals surface area (Å²) in [4.78, 5) is 0. The Bertz CT molecular complexity index is 250. The summed E-state index contributed by atoms with van der Waals surface area (Å²) in [5.74, 6) is 0. The molecule has 0 saturated carbocycles. The van der Waals surface area contributed by atoms with Crippen LogP contribution in [0.2, 0.25) is 0 Å². The number of hydrogen-bond acceptors (Lipinski definition) is 6. The summed E-state index contributed by atoms with van der Waals surface area (Å²) in [7, 11) is 0. The van der Waals surface area contributed by atoms with Crippen molar-refractivity contribution in [2.45, 2.75) is 32.6 Å². The molecule has 0 aliphatic carbocycles. The highest BCUT2D eigenvalue weighted by molar-refractivity contribution is 4.63. The average molecular weight is 363 g/mol. The Labute approximate surface area is 153 Å². The van der Waals surface area contributed by atoms with Crippen molar-refractivity contribution >= 4 is 0 Å². The molecule has 0 atom stereocenters. The van der Waals surface area contributed by atoms with E-state index in [1.54, 1.807) is 6.08 Å². The van der Waals surface area contributed by atoms with Crippen LogP contribution in [0, 0.1) is 0 Å². The molecule has 6 heteroatoms. The highest BCUT2D eigenvalue weighted by Gasteiger charge is 1.94. The van der Waals surface area contributed by atoms with Crippen LogP contribution in [0.25, 0.3) is 0 Å². The summed E-state index contributed by atoms with van der Waals surface area (Å²) in [5, 5.41) is 0. The fourth-order valence-corrected chi connectivity index (χ4v) is 1.90. The molecule has 0 spiro atoms. The van der Waals surface area contributed by atoms with Crippen molar-refractivity contribution in [1.29, 1.82) is 0 Å². The van der Waals surface area contributed by atoms with Crippen molar-refractivity contribution in [3.8, 4) is 0 Å². The molecule has 25 heavy (non-hydrogen) atoms. The lowest BCUT2D eigenvalue weighted by Crippen LogP contribution is -2.14. The molecule has 0 bridgehead atoms. The fraction of sp³-hybridized carbons (Fsp3) is 0.895. The van der Waals surface area contributed by atoms with Crippen LogP contribution in [0.3, 0.4) is 0 Å². The van der Waals surface area contributed by atoms with Gasteiger partial charge in [0.2, 0.25) is 0 Å². The smallest absolute Gasteiger partial charge is 0.0704 e. The second kappa shape index (κ2) is 23.5. The zero-order chi connectivity index (χ0) is 18.3. The summed E-state index contributed by atoms with van der Waals surface area (Å²) in [6.07, 6.45) is 6.67. The minimum absolute atomic E-state index is 0.562. The second-order valence-corrected chi connectivity index (χ2v) is 5.49. The van der Waals surface area contributed by atoms with Gasteiger partial charge in [0.15, 0.2) is 0 Å². The van der Waals surface area contributed by atoms with Crippen LogP contribution >= 0.6 is 0 Å². The van der Waals surface area contributed by atoms with E-state index >= 15 is 0 Å². The van der Waals surface area contributed by atoms with E-state index in [-0.39, 0.29) is 0 Å². The third-order valence-electron chi connectivity index (χ3n) is 3.24. The van der Waals surface area contributed by atoms with Gasteiger partial charge in [-0.2, -0.15) is 0 Å². The van der Waals surface area contributed by atoms with Gasteiger partial charge in [-0.25, -0.2) is 0 Å². The van der Waals surface area contributed by atoms with Crippen molar-refractivity contribution in [2.75, 3.05) is 79.3 Å². The molecule has 0 unspecified atom stereocenters. The Kier molecular flexibility index (Phi) is 23.0. The Morgan fingerprint density at radius 2 is 0.920 bits per heavy atom. The van der Waals surface area contributed by atoms with E-state index < -0.39 is 0 Å². The van der Waals surface area contributed by atoms with Gasteiger partial charge in [0.05, 0.1) is 72.7 Å². The van der Waals surface area contributed by atoms with Gasteiger partial charge in [-0.3, -0.25) is 0 Å². The lowest BCUT2D eigenvalue weighted by atomic mass is 10.2. The molecule has 0 saturated heterocycles. The van der Waals surface area contributed by atoms with Crippen LogP contribution in [-0.4, -0.2) is 79.3 Å². The summed E-state index contributed by atoms with van der Waals surface area (Å²) >= 11 is 0. The molecule has 0 fully saturated rings. The lowest BCUT2D eigenvalue weighted by molar-refractivity contribution is -0.0158. The summed E-state index contributed by atoms with van der Waals surface area (Å²) in [6.45, 7) is 13.1. The zero-order valence-corrected chi connectivity index (χ0v) is 16.0. The number of rotatable bonds is 22. The number of hydrogen-bond donors (Lipinski definition) is 0. The van der Waals surface area contributed by atoms with Gasteiger partial charge in [0.1, 0.15) is 0 Å². The number of unbranched alkanes of at least 4 members (excludes halogenated alkanes) is 3. The highest BCUT2D eigenvalue weighted by atomic mass is 16.6. The first-order valence-electron chi connectivity index (χ1n) is 9.49. The first-order chi connectivity index (χ1) is 12.4. The topological polar surface area (TPSA) is 55.4 Å². The van der Waals surface area contributed by atoms with Gasteiger partial charge in [0, 0.05) is 6.61 Å². The normalized spacial score (nSPS) is 11.1. The largest absolute Gasteiger partial charge is 0.379 e. The lowest BCUT2D eigenvalue weighted by Gasteiger charge is -2.08. The third kappa shape index (κ3) is 23.5. The minimum atomic E-state index is 0.562. The summed E-state index contributed by atoms with van der Waals surface area (Å²) in [6, 6.07) is 0. The standard InChI is InChI=1S/C19H38O6/c1-3-5-6-7-9-21-11-13-23-15-17-25-19-18-24-16-14-22-12-10-20-8-4-2/h4H,2-3,5-19H2,1H3. The van der Waals surface area contributed by atoms with Gasteiger partial charge in [-0.15, -0.1) is 6.58 Å². The predicted octanol–water partition coefficient (Wildman–Crippen LogP) is 2.85. The SMILES string of the molecule is C=CCOCCOCCOCCOCCOCCOCCCCCC. The van der Waals surface area contributed by atoms with Crippen molar-refractivity contribution in [3.63, 3.8) is 0 Å². The molecule has 0 aromatic rings. The van der Waals surface area contributed by atoms with Gasteiger partial charge in [0.25, 0.3) is 0 Å². The maximum Gasteiger partial charge on any atom is 0.0704 e. The van der Waals surface area contributed by atoms with Crippen LogP contribution in [0.4, 0.5) is 0 Å². The maximum absolute atomic E-state index is 5.49. The Morgan fingerprint density at radius 1 is 0.520 bits per heavy atom. The van der Waals surface area contributed by atoms with Gasteiger partial charge >= 0.3 is 0 Å².